The van der Waals surface area contributed by atoms with Crippen LogP contribution in [0.15, 0.2) is 47.4 Å². The van der Waals surface area contributed by atoms with Gasteiger partial charge in [0.25, 0.3) is 0 Å². The standard InChI is InChI=1S/C17H19NO4S/c1-12-5-3-4-6-15(12)13(2)18-23(19,20)14-7-8-16-17(11-14)22-10-9-21-16/h3-8,11,13,18H,9-10H2,1-2H3/t13-/m1/s1. The first-order valence-corrected chi connectivity index (χ1v) is 8.93. The number of sulfonamides is 1. The van der Waals surface area contributed by atoms with E-state index in [-0.39, 0.29) is 10.9 Å². The van der Waals surface area contributed by atoms with Crippen LogP contribution in [-0.2, 0) is 10.0 Å². The number of aryl methyl sites for hydroxylation is 1. The van der Waals surface area contributed by atoms with Crippen LogP contribution in [0.1, 0.15) is 24.1 Å². The van der Waals surface area contributed by atoms with Crippen LogP contribution in [0.25, 0.3) is 0 Å². The normalized spacial score (nSPS) is 15.2. The van der Waals surface area contributed by atoms with Crippen molar-refractivity contribution in [3.63, 3.8) is 0 Å². The fraction of sp³-hybridized carbons (Fsp3) is 0.294. The van der Waals surface area contributed by atoms with Crippen molar-refractivity contribution in [1.29, 1.82) is 0 Å². The molecule has 0 radical (unpaired) electrons. The van der Waals surface area contributed by atoms with Gasteiger partial charge in [0.1, 0.15) is 13.2 Å². The number of hydrogen-bond acceptors (Lipinski definition) is 4. The highest BCUT2D eigenvalue weighted by Gasteiger charge is 2.22. The van der Waals surface area contributed by atoms with Crippen molar-refractivity contribution in [3.05, 3.63) is 53.6 Å². The molecule has 1 aliphatic heterocycles. The maximum atomic E-state index is 12.6. The van der Waals surface area contributed by atoms with Gasteiger partial charge in [0.15, 0.2) is 11.5 Å². The van der Waals surface area contributed by atoms with E-state index < -0.39 is 10.0 Å². The maximum absolute atomic E-state index is 12.6. The second-order valence-corrected chi connectivity index (χ2v) is 7.22. The topological polar surface area (TPSA) is 64.6 Å². The molecule has 2 aromatic rings. The van der Waals surface area contributed by atoms with Crippen LogP contribution in [0.5, 0.6) is 11.5 Å². The summed E-state index contributed by atoms with van der Waals surface area (Å²) >= 11 is 0. The highest BCUT2D eigenvalue weighted by molar-refractivity contribution is 7.89. The van der Waals surface area contributed by atoms with Crippen molar-refractivity contribution in [2.45, 2.75) is 24.8 Å². The number of hydrogen-bond donors (Lipinski definition) is 1. The van der Waals surface area contributed by atoms with Crippen molar-refractivity contribution in [3.8, 4) is 11.5 Å². The summed E-state index contributed by atoms with van der Waals surface area (Å²) in [6, 6.07) is 12.0. The Labute approximate surface area is 136 Å². The molecule has 0 amide bonds. The molecule has 6 heteroatoms. The summed E-state index contributed by atoms with van der Waals surface area (Å²) in [5, 5.41) is 0. The molecule has 1 heterocycles. The number of nitrogens with one attached hydrogen (secondary N) is 1. The molecule has 0 spiro atoms. The first-order valence-electron chi connectivity index (χ1n) is 7.45. The quantitative estimate of drug-likeness (QED) is 0.934. The summed E-state index contributed by atoms with van der Waals surface area (Å²) in [4.78, 5) is 0.169. The smallest absolute Gasteiger partial charge is 0.241 e. The van der Waals surface area contributed by atoms with E-state index in [0.717, 1.165) is 11.1 Å². The Morgan fingerprint density at radius 3 is 2.48 bits per heavy atom. The molecule has 5 nitrogen and oxygen atoms in total. The molecule has 122 valence electrons. The average molecular weight is 333 g/mol. The Morgan fingerprint density at radius 1 is 1.04 bits per heavy atom. The van der Waals surface area contributed by atoms with Crippen molar-refractivity contribution < 1.29 is 17.9 Å². The summed E-state index contributed by atoms with van der Waals surface area (Å²) in [5.74, 6) is 1.03. The van der Waals surface area contributed by atoms with Gasteiger partial charge in [0, 0.05) is 12.1 Å². The molecule has 23 heavy (non-hydrogen) atoms. The number of benzene rings is 2. The Hall–Kier alpha value is -2.05. The molecule has 1 aliphatic rings. The monoisotopic (exact) mass is 333 g/mol. The zero-order valence-corrected chi connectivity index (χ0v) is 13.9. The fourth-order valence-electron chi connectivity index (χ4n) is 2.63. The van der Waals surface area contributed by atoms with Gasteiger partial charge in [0.05, 0.1) is 4.90 Å². The van der Waals surface area contributed by atoms with Crippen molar-refractivity contribution in [2.75, 3.05) is 13.2 Å². The molecule has 1 N–H and O–H groups in total. The number of rotatable bonds is 4. The lowest BCUT2D eigenvalue weighted by molar-refractivity contribution is 0.171. The van der Waals surface area contributed by atoms with E-state index in [1.807, 2.05) is 38.1 Å². The molecule has 2 aromatic carbocycles. The molecule has 0 aliphatic carbocycles. The largest absolute Gasteiger partial charge is 0.486 e. The minimum atomic E-state index is -3.64. The van der Waals surface area contributed by atoms with Crippen LogP contribution in [0.4, 0.5) is 0 Å². The van der Waals surface area contributed by atoms with Gasteiger partial charge in [0.2, 0.25) is 10.0 Å². The van der Waals surface area contributed by atoms with Crippen LogP contribution in [0.3, 0.4) is 0 Å². The summed E-state index contributed by atoms with van der Waals surface area (Å²) in [7, 11) is -3.64. The SMILES string of the molecule is Cc1ccccc1[C@@H](C)NS(=O)(=O)c1ccc2c(c1)OCCO2. The lowest BCUT2D eigenvalue weighted by atomic mass is 10.0. The summed E-state index contributed by atoms with van der Waals surface area (Å²) in [5.41, 5.74) is 2.00. The highest BCUT2D eigenvalue weighted by Crippen LogP contribution is 2.32. The molecule has 0 bridgehead atoms. The van der Waals surface area contributed by atoms with E-state index in [4.69, 9.17) is 9.47 Å². The van der Waals surface area contributed by atoms with E-state index in [1.165, 1.54) is 12.1 Å². The molecular formula is C17H19NO4S. The molecule has 0 aromatic heterocycles. The maximum Gasteiger partial charge on any atom is 0.241 e. The molecule has 0 saturated heterocycles. The van der Waals surface area contributed by atoms with Gasteiger partial charge in [-0.15, -0.1) is 0 Å². The Morgan fingerprint density at radius 2 is 1.74 bits per heavy atom. The molecule has 0 fully saturated rings. The summed E-state index contributed by atoms with van der Waals surface area (Å²) < 4.78 is 38.8. The van der Waals surface area contributed by atoms with Crippen molar-refractivity contribution >= 4 is 10.0 Å². The Kier molecular flexibility index (Phi) is 4.28. The van der Waals surface area contributed by atoms with E-state index in [9.17, 15) is 8.42 Å². The molecule has 0 unspecified atom stereocenters. The van der Waals surface area contributed by atoms with E-state index in [2.05, 4.69) is 4.72 Å². The van der Waals surface area contributed by atoms with Crippen LogP contribution in [0.2, 0.25) is 0 Å². The van der Waals surface area contributed by atoms with Gasteiger partial charge >= 0.3 is 0 Å². The molecule has 0 saturated carbocycles. The minimum absolute atomic E-state index is 0.169. The third-order valence-corrected chi connectivity index (χ3v) is 5.35. The second kappa shape index (κ2) is 6.22. The third-order valence-electron chi connectivity index (χ3n) is 3.81. The minimum Gasteiger partial charge on any atom is -0.486 e. The summed E-state index contributed by atoms with van der Waals surface area (Å²) in [6.45, 7) is 4.69. The third kappa shape index (κ3) is 3.33. The van der Waals surface area contributed by atoms with Crippen LogP contribution >= 0.6 is 0 Å². The van der Waals surface area contributed by atoms with Gasteiger partial charge < -0.3 is 9.47 Å². The highest BCUT2D eigenvalue weighted by atomic mass is 32.2. The average Bonchev–Trinajstić information content (AvgIpc) is 2.54. The predicted molar refractivity (Wildman–Crippen MR) is 87.3 cm³/mol. The second-order valence-electron chi connectivity index (χ2n) is 5.51. The number of ether oxygens (including phenoxy) is 2. The van der Waals surface area contributed by atoms with E-state index >= 15 is 0 Å². The van der Waals surface area contributed by atoms with Crippen molar-refractivity contribution in [2.24, 2.45) is 0 Å². The van der Waals surface area contributed by atoms with E-state index in [0.29, 0.717) is 24.7 Å². The molecule has 1 atom stereocenters. The van der Waals surface area contributed by atoms with Crippen LogP contribution in [-0.4, -0.2) is 21.6 Å². The first-order chi connectivity index (χ1) is 11.0. The zero-order valence-electron chi connectivity index (χ0n) is 13.1. The van der Waals surface area contributed by atoms with Gasteiger partial charge in [-0.05, 0) is 37.1 Å². The van der Waals surface area contributed by atoms with Gasteiger partial charge in [-0.1, -0.05) is 24.3 Å². The van der Waals surface area contributed by atoms with E-state index in [1.54, 1.807) is 6.07 Å². The molecule has 3 rings (SSSR count). The van der Waals surface area contributed by atoms with Crippen molar-refractivity contribution in [1.82, 2.24) is 4.72 Å². The lowest BCUT2D eigenvalue weighted by Crippen LogP contribution is -2.27. The molecular weight excluding hydrogens is 314 g/mol. The number of fused-ring (bicyclic) bond motifs is 1. The fourth-order valence-corrected chi connectivity index (χ4v) is 3.87. The zero-order chi connectivity index (χ0) is 16.4. The first kappa shape index (κ1) is 15.8. The Bertz CT molecular complexity index is 817. The van der Waals surface area contributed by atoms with Gasteiger partial charge in [-0.25, -0.2) is 13.1 Å². The van der Waals surface area contributed by atoms with Crippen LogP contribution in [0, 0.1) is 6.92 Å². The summed E-state index contributed by atoms with van der Waals surface area (Å²) in [6.07, 6.45) is 0. The van der Waals surface area contributed by atoms with Gasteiger partial charge in [-0.2, -0.15) is 0 Å². The predicted octanol–water partition coefficient (Wildman–Crippen LogP) is 2.81. The van der Waals surface area contributed by atoms with Gasteiger partial charge in [-0.3, -0.25) is 0 Å². The van der Waals surface area contributed by atoms with Crippen LogP contribution < -0.4 is 14.2 Å². The Balaban J connectivity index is 1.86. The lowest BCUT2D eigenvalue weighted by Gasteiger charge is -2.20.